The Morgan fingerprint density at radius 3 is 3.00 bits per heavy atom. The van der Waals surface area contributed by atoms with Gasteiger partial charge in [0.1, 0.15) is 23.5 Å². The van der Waals surface area contributed by atoms with E-state index in [0.717, 1.165) is 29.9 Å². The molecule has 112 valence electrons. The SMILES string of the molecule is Cn1ccc(C(=O)NC2CN(c3ncnc4[nH]ccc34)C2)n1. The van der Waals surface area contributed by atoms with Gasteiger partial charge in [-0.1, -0.05) is 0 Å². The molecule has 1 aliphatic rings. The molecule has 0 spiro atoms. The maximum atomic E-state index is 12.0. The fraction of sp³-hybridized carbons (Fsp3) is 0.286. The van der Waals surface area contributed by atoms with Crippen LogP contribution in [0.2, 0.25) is 0 Å². The first-order valence-corrected chi connectivity index (χ1v) is 7.04. The van der Waals surface area contributed by atoms with Crippen molar-refractivity contribution in [3.8, 4) is 0 Å². The first-order chi connectivity index (χ1) is 10.7. The smallest absolute Gasteiger partial charge is 0.272 e. The van der Waals surface area contributed by atoms with Crippen LogP contribution in [0.15, 0.2) is 30.9 Å². The van der Waals surface area contributed by atoms with Gasteiger partial charge in [0, 0.05) is 32.5 Å². The van der Waals surface area contributed by atoms with Gasteiger partial charge in [0.05, 0.1) is 11.4 Å². The molecule has 1 saturated heterocycles. The van der Waals surface area contributed by atoms with Crippen molar-refractivity contribution in [2.45, 2.75) is 6.04 Å². The number of aryl methyl sites for hydroxylation is 1. The first-order valence-electron chi connectivity index (χ1n) is 7.04. The molecule has 0 atom stereocenters. The Morgan fingerprint density at radius 1 is 1.36 bits per heavy atom. The Hall–Kier alpha value is -2.90. The van der Waals surface area contributed by atoms with Crippen molar-refractivity contribution in [2.75, 3.05) is 18.0 Å². The van der Waals surface area contributed by atoms with Crippen LogP contribution in [-0.2, 0) is 7.05 Å². The van der Waals surface area contributed by atoms with Crippen LogP contribution in [0.5, 0.6) is 0 Å². The third kappa shape index (κ3) is 2.09. The third-order valence-electron chi connectivity index (χ3n) is 3.80. The lowest BCUT2D eigenvalue weighted by molar-refractivity contribution is 0.0924. The van der Waals surface area contributed by atoms with E-state index in [1.54, 1.807) is 30.3 Å². The lowest BCUT2D eigenvalue weighted by atomic mass is 10.1. The van der Waals surface area contributed by atoms with Crippen molar-refractivity contribution in [1.82, 2.24) is 30.0 Å². The van der Waals surface area contributed by atoms with Gasteiger partial charge in [0.15, 0.2) is 0 Å². The van der Waals surface area contributed by atoms with E-state index >= 15 is 0 Å². The number of aromatic amines is 1. The highest BCUT2D eigenvalue weighted by molar-refractivity contribution is 5.93. The van der Waals surface area contributed by atoms with Crippen LogP contribution < -0.4 is 10.2 Å². The zero-order chi connectivity index (χ0) is 15.1. The lowest BCUT2D eigenvalue weighted by Crippen LogP contribution is -2.59. The molecule has 4 rings (SSSR count). The van der Waals surface area contributed by atoms with E-state index in [2.05, 4.69) is 30.3 Å². The van der Waals surface area contributed by atoms with E-state index in [0.29, 0.717) is 5.69 Å². The molecule has 3 aromatic heterocycles. The van der Waals surface area contributed by atoms with Crippen LogP contribution in [0.4, 0.5) is 5.82 Å². The van der Waals surface area contributed by atoms with Crippen molar-refractivity contribution >= 4 is 22.8 Å². The number of hydrogen-bond acceptors (Lipinski definition) is 5. The first kappa shape index (κ1) is 12.8. The highest BCUT2D eigenvalue weighted by Crippen LogP contribution is 2.25. The van der Waals surface area contributed by atoms with Crippen LogP contribution >= 0.6 is 0 Å². The van der Waals surface area contributed by atoms with Crippen LogP contribution in [-0.4, -0.2) is 49.8 Å². The van der Waals surface area contributed by atoms with Crippen LogP contribution in [0.3, 0.4) is 0 Å². The van der Waals surface area contributed by atoms with Gasteiger partial charge in [-0.3, -0.25) is 9.48 Å². The molecule has 8 nitrogen and oxygen atoms in total. The lowest BCUT2D eigenvalue weighted by Gasteiger charge is -2.40. The standard InChI is InChI=1S/C14H15N7O/c1-20-5-3-11(19-20)14(22)18-9-6-21(7-9)13-10-2-4-15-12(10)16-8-17-13/h2-5,8-9H,6-7H2,1H3,(H,18,22)(H,15,16,17). The second-order valence-electron chi connectivity index (χ2n) is 5.39. The molecule has 2 N–H and O–H groups in total. The molecule has 4 heterocycles. The largest absolute Gasteiger partial charge is 0.352 e. The highest BCUT2D eigenvalue weighted by Gasteiger charge is 2.30. The number of aromatic nitrogens is 5. The number of nitrogens with one attached hydrogen (secondary N) is 2. The van der Waals surface area contributed by atoms with Crippen molar-refractivity contribution < 1.29 is 4.79 Å². The fourth-order valence-corrected chi connectivity index (χ4v) is 2.65. The number of hydrogen-bond donors (Lipinski definition) is 2. The predicted molar refractivity (Wildman–Crippen MR) is 80.6 cm³/mol. The molecule has 1 fully saturated rings. The van der Waals surface area contributed by atoms with E-state index in [9.17, 15) is 4.79 Å². The molecular formula is C14H15N7O. The van der Waals surface area contributed by atoms with Crippen molar-refractivity contribution in [1.29, 1.82) is 0 Å². The number of rotatable bonds is 3. The average molecular weight is 297 g/mol. The second-order valence-corrected chi connectivity index (χ2v) is 5.39. The van der Waals surface area contributed by atoms with Gasteiger partial charge in [-0.05, 0) is 12.1 Å². The molecule has 1 aliphatic heterocycles. The number of anilines is 1. The molecule has 0 unspecified atom stereocenters. The molecule has 22 heavy (non-hydrogen) atoms. The van der Waals surface area contributed by atoms with Gasteiger partial charge in [-0.25, -0.2) is 9.97 Å². The molecule has 1 amide bonds. The number of amides is 1. The van der Waals surface area contributed by atoms with Gasteiger partial charge in [-0.2, -0.15) is 5.10 Å². The average Bonchev–Trinajstić information content (AvgIpc) is 3.10. The zero-order valence-electron chi connectivity index (χ0n) is 12.0. The van der Waals surface area contributed by atoms with Crippen LogP contribution in [0.25, 0.3) is 11.0 Å². The molecule has 0 aromatic carbocycles. The van der Waals surface area contributed by atoms with E-state index < -0.39 is 0 Å². The maximum absolute atomic E-state index is 12.0. The quantitative estimate of drug-likeness (QED) is 0.726. The molecular weight excluding hydrogens is 282 g/mol. The van der Waals surface area contributed by atoms with Gasteiger partial charge in [0.25, 0.3) is 5.91 Å². The second kappa shape index (κ2) is 4.83. The fourth-order valence-electron chi connectivity index (χ4n) is 2.65. The Morgan fingerprint density at radius 2 is 2.23 bits per heavy atom. The van der Waals surface area contributed by atoms with E-state index in [4.69, 9.17) is 0 Å². The summed E-state index contributed by atoms with van der Waals surface area (Å²) < 4.78 is 1.62. The van der Waals surface area contributed by atoms with E-state index in [1.807, 2.05) is 12.3 Å². The summed E-state index contributed by atoms with van der Waals surface area (Å²) in [4.78, 5) is 25.8. The summed E-state index contributed by atoms with van der Waals surface area (Å²) in [5.41, 5.74) is 1.27. The minimum atomic E-state index is -0.139. The molecule has 0 radical (unpaired) electrons. The van der Waals surface area contributed by atoms with Crippen molar-refractivity contribution in [3.05, 3.63) is 36.5 Å². The van der Waals surface area contributed by atoms with Gasteiger partial charge in [0.2, 0.25) is 0 Å². The molecule has 3 aromatic rings. The Kier molecular flexibility index (Phi) is 2.81. The Balaban J connectivity index is 1.42. The van der Waals surface area contributed by atoms with E-state index in [1.165, 1.54) is 0 Å². The minimum Gasteiger partial charge on any atom is -0.352 e. The molecule has 8 heteroatoms. The summed E-state index contributed by atoms with van der Waals surface area (Å²) in [6.07, 6.45) is 5.16. The summed E-state index contributed by atoms with van der Waals surface area (Å²) in [5, 5.41) is 8.08. The van der Waals surface area contributed by atoms with Gasteiger partial charge < -0.3 is 15.2 Å². The molecule has 0 bridgehead atoms. The highest BCUT2D eigenvalue weighted by atomic mass is 16.2. The number of H-pyrrole nitrogens is 1. The summed E-state index contributed by atoms with van der Waals surface area (Å²) in [5.74, 6) is 0.759. The number of fused-ring (bicyclic) bond motifs is 1. The summed E-state index contributed by atoms with van der Waals surface area (Å²) in [7, 11) is 1.79. The summed E-state index contributed by atoms with van der Waals surface area (Å²) >= 11 is 0. The maximum Gasteiger partial charge on any atom is 0.272 e. The van der Waals surface area contributed by atoms with Crippen molar-refractivity contribution in [2.24, 2.45) is 7.05 Å². The van der Waals surface area contributed by atoms with Crippen molar-refractivity contribution in [3.63, 3.8) is 0 Å². The summed E-state index contributed by atoms with van der Waals surface area (Å²) in [6.45, 7) is 1.46. The van der Waals surface area contributed by atoms with Gasteiger partial charge >= 0.3 is 0 Å². The number of carbonyl (C=O) groups excluding carboxylic acids is 1. The van der Waals surface area contributed by atoms with Crippen LogP contribution in [0.1, 0.15) is 10.5 Å². The Labute approximate surface area is 126 Å². The van der Waals surface area contributed by atoms with Crippen LogP contribution in [0, 0.1) is 0 Å². The van der Waals surface area contributed by atoms with Gasteiger partial charge in [-0.15, -0.1) is 0 Å². The summed E-state index contributed by atoms with van der Waals surface area (Å²) in [6, 6.07) is 3.78. The Bertz CT molecular complexity index is 830. The third-order valence-corrected chi connectivity index (χ3v) is 3.80. The topological polar surface area (TPSA) is 91.7 Å². The molecule has 0 aliphatic carbocycles. The number of nitrogens with zero attached hydrogens (tertiary/aromatic N) is 5. The zero-order valence-corrected chi connectivity index (χ0v) is 12.0. The predicted octanol–water partition coefficient (Wildman–Crippen LogP) is 0.310. The minimum absolute atomic E-state index is 0.110. The normalized spacial score (nSPS) is 15.0. The van der Waals surface area contributed by atoms with E-state index in [-0.39, 0.29) is 11.9 Å². The molecule has 0 saturated carbocycles. The number of carbonyl (C=O) groups is 1. The monoisotopic (exact) mass is 297 g/mol.